The Morgan fingerprint density at radius 1 is 1.19 bits per heavy atom. The van der Waals surface area contributed by atoms with Crippen LogP contribution in [0.4, 0.5) is 14.5 Å². The first kappa shape index (κ1) is 21.7. The van der Waals surface area contributed by atoms with Crippen molar-refractivity contribution in [1.29, 1.82) is 0 Å². The van der Waals surface area contributed by atoms with Crippen molar-refractivity contribution in [2.24, 2.45) is 10.1 Å². The number of hydrogen-bond donors (Lipinski definition) is 3. The molecule has 0 aliphatic carbocycles. The molecule has 3 rings (SSSR count). The number of anilines is 1. The molecule has 0 aromatic heterocycles. The molecule has 9 nitrogen and oxygen atoms in total. The van der Waals surface area contributed by atoms with Gasteiger partial charge in [0, 0.05) is 0 Å². The fraction of sp³-hybridized carbons (Fsp3) is 0.200. The molecule has 3 N–H and O–H groups in total. The van der Waals surface area contributed by atoms with Crippen LogP contribution in [0.1, 0.15) is 12.0 Å². The average Bonchev–Trinajstić information content (AvgIpc) is 3.09. The predicted molar refractivity (Wildman–Crippen MR) is 109 cm³/mol. The number of methoxy groups -OCH3 is 2. The van der Waals surface area contributed by atoms with Gasteiger partial charge in [0.1, 0.15) is 23.4 Å². The largest absolute Gasteiger partial charge is 0.493 e. The molecule has 0 saturated carbocycles. The lowest BCUT2D eigenvalue weighted by atomic mass is 10.2. The van der Waals surface area contributed by atoms with Gasteiger partial charge in [-0.2, -0.15) is 5.10 Å². The number of aliphatic imine (C=N–C) groups is 1. The lowest BCUT2D eigenvalue weighted by Gasteiger charge is -2.08. The topological polar surface area (TPSA) is 113 Å². The number of hydrogen-bond acceptors (Lipinski definition) is 7. The standard InChI is InChI=1S/C20H19F2N5O4/c1-30-15-7-6-11(8-16(15)31-2)10-23-27-20-24-14(19(29)26-20)9-17(28)25-18-12(21)4-3-5-13(18)22/h3-8,10,14H,9H2,1-2H3,(H,25,28)(H2,24,26,27,29)/b23-10-/t14-/m1/s1. The molecule has 1 aliphatic heterocycles. The molecule has 0 unspecified atom stereocenters. The zero-order valence-electron chi connectivity index (χ0n) is 16.6. The lowest BCUT2D eigenvalue weighted by Crippen LogP contribution is -2.35. The van der Waals surface area contributed by atoms with Crippen molar-refractivity contribution < 1.29 is 27.8 Å². The van der Waals surface area contributed by atoms with E-state index in [1.807, 2.05) is 0 Å². The van der Waals surface area contributed by atoms with Gasteiger partial charge in [-0.1, -0.05) is 6.07 Å². The second-order valence-electron chi connectivity index (χ2n) is 6.32. The Kier molecular flexibility index (Phi) is 6.75. The first-order chi connectivity index (χ1) is 14.9. The van der Waals surface area contributed by atoms with Crippen molar-refractivity contribution in [3.05, 3.63) is 53.6 Å². The third-order valence-electron chi connectivity index (χ3n) is 4.23. The summed E-state index contributed by atoms with van der Waals surface area (Å²) < 4.78 is 37.6. The number of carbonyl (C=O) groups is 2. The highest BCUT2D eigenvalue weighted by Gasteiger charge is 2.29. The van der Waals surface area contributed by atoms with Gasteiger partial charge in [-0.05, 0) is 35.9 Å². The highest BCUT2D eigenvalue weighted by atomic mass is 19.1. The molecule has 2 aromatic carbocycles. The van der Waals surface area contributed by atoms with Crippen LogP contribution in [0.5, 0.6) is 11.5 Å². The summed E-state index contributed by atoms with van der Waals surface area (Å²) >= 11 is 0. The second kappa shape index (κ2) is 9.65. The van der Waals surface area contributed by atoms with Crippen LogP contribution in [0.3, 0.4) is 0 Å². The van der Waals surface area contributed by atoms with Crippen LogP contribution in [-0.4, -0.2) is 44.2 Å². The Bertz CT molecular complexity index is 1040. The Labute approximate surface area is 176 Å². The summed E-state index contributed by atoms with van der Waals surface area (Å²) in [5.41, 5.74) is 2.68. The molecule has 0 radical (unpaired) electrons. The minimum atomic E-state index is -1.06. The minimum Gasteiger partial charge on any atom is -0.493 e. The van der Waals surface area contributed by atoms with E-state index in [1.54, 1.807) is 18.2 Å². The maximum absolute atomic E-state index is 13.6. The molecule has 0 fully saturated rings. The van der Waals surface area contributed by atoms with Crippen molar-refractivity contribution in [3.8, 4) is 11.5 Å². The molecular weight excluding hydrogens is 412 g/mol. The number of para-hydroxylation sites is 1. The van der Waals surface area contributed by atoms with Gasteiger partial charge < -0.3 is 14.8 Å². The zero-order valence-corrected chi connectivity index (χ0v) is 16.6. The fourth-order valence-corrected chi connectivity index (χ4v) is 2.73. The number of halogens is 2. The van der Waals surface area contributed by atoms with Gasteiger partial charge >= 0.3 is 0 Å². The van der Waals surface area contributed by atoms with E-state index in [0.717, 1.165) is 12.1 Å². The molecule has 0 bridgehead atoms. The highest BCUT2D eigenvalue weighted by Crippen LogP contribution is 2.26. The third-order valence-corrected chi connectivity index (χ3v) is 4.23. The summed E-state index contributed by atoms with van der Waals surface area (Å²) in [6.07, 6.45) is 1.07. The van der Waals surface area contributed by atoms with E-state index in [9.17, 15) is 18.4 Å². The van der Waals surface area contributed by atoms with E-state index in [-0.39, 0.29) is 5.96 Å². The highest BCUT2D eigenvalue weighted by molar-refractivity contribution is 6.07. The normalized spacial score (nSPS) is 15.4. The summed E-state index contributed by atoms with van der Waals surface area (Å²) in [6, 6.07) is 7.30. The van der Waals surface area contributed by atoms with Crippen LogP contribution in [-0.2, 0) is 9.59 Å². The quantitative estimate of drug-likeness (QED) is 0.457. The van der Waals surface area contributed by atoms with Crippen molar-refractivity contribution in [2.75, 3.05) is 19.5 Å². The Morgan fingerprint density at radius 2 is 1.90 bits per heavy atom. The molecule has 1 heterocycles. The Morgan fingerprint density at radius 3 is 2.58 bits per heavy atom. The van der Waals surface area contributed by atoms with Crippen LogP contribution in [0.15, 0.2) is 46.5 Å². The fourth-order valence-electron chi connectivity index (χ4n) is 2.73. The average molecular weight is 431 g/mol. The number of guanidine groups is 1. The van der Waals surface area contributed by atoms with E-state index in [2.05, 4.69) is 26.2 Å². The number of amides is 2. The predicted octanol–water partition coefficient (Wildman–Crippen LogP) is 1.79. The van der Waals surface area contributed by atoms with Crippen molar-refractivity contribution in [3.63, 3.8) is 0 Å². The van der Waals surface area contributed by atoms with Crippen LogP contribution < -0.4 is 25.5 Å². The number of rotatable bonds is 7. The molecule has 31 heavy (non-hydrogen) atoms. The summed E-state index contributed by atoms with van der Waals surface area (Å²) in [4.78, 5) is 28.1. The molecule has 1 aliphatic rings. The number of ether oxygens (including phenoxy) is 2. The van der Waals surface area contributed by atoms with E-state index < -0.39 is 41.6 Å². The molecule has 0 spiro atoms. The summed E-state index contributed by atoms with van der Waals surface area (Å²) in [5.74, 6) is -2.02. The van der Waals surface area contributed by atoms with Gasteiger partial charge in [0.15, 0.2) is 11.5 Å². The zero-order chi connectivity index (χ0) is 22.4. The number of carbonyl (C=O) groups excluding carboxylic acids is 2. The summed E-state index contributed by atoms with van der Waals surface area (Å²) in [5, 5.41) is 8.53. The van der Waals surface area contributed by atoms with Gasteiger partial charge in [0.25, 0.3) is 5.91 Å². The van der Waals surface area contributed by atoms with Gasteiger partial charge in [-0.15, -0.1) is 0 Å². The number of nitrogens with one attached hydrogen (secondary N) is 3. The lowest BCUT2D eigenvalue weighted by molar-refractivity contribution is -0.123. The molecule has 162 valence electrons. The number of nitrogens with zero attached hydrogens (tertiary/aromatic N) is 2. The van der Waals surface area contributed by atoms with Crippen LogP contribution in [0.2, 0.25) is 0 Å². The molecule has 2 amide bonds. The molecule has 2 aromatic rings. The van der Waals surface area contributed by atoms with E-state index >= 15 is 0 Å². The Balaban J connectivity index is 1.59. The van der Waals surface area contributed by atoms with Crippen LogP contribution in [0, 0.1) is 11.6 Å². The summed E-state index contributed by atoms with van der Waals surface area (Å²) in [7, 11) is 3.04. The van der Waals surface area contributed by atoms with Gasteiger partial charge in [-0.3, -0.25) is 14.9 Å². The van der Waals surface area contributed by atoms with Crippen molar-refractivity contribution >= 4 is 29.7 Å². The maximum Gasteiger partial charge on any atom is 0.252 e. The molecule has 11 heteroatoms. The monoisotopic (exact) mass is 431 g/mol. The molecule has 1 atom stereocenters. The van der Waals surface area contributed by atoms with Crippen LogP contribution >= 0.6 is 0 Å². The molecular formula is C20H19F2N5O4. The van der Waals surface area contributed by atoms with Crippen molar-refractivity contribution in [1.82, 2.24) is 10.7 Å². The third kappa shape index (κ3) is 5.32. The van der Waals surface area contributed by atoms with Gasteiger partial charge in [0.2, 0.25) is 11.9 Å². The first-order valence-corrected chi connectivity index (χ1v) is 9.05. The van der Waals surface area contributed by atoms with E-state index in [1.165, 1.54) is 26.5 Å². The number of benzene rings is 2. The van der Waals surface area contributed by atoms with E-state index in [0.29, 0.717) is 17.1 Å². The minimum absolute atomic E-state index is 0.0385. The molecule has 0 saturated heterocycles. The smallest absolute Gasteiger partial charge is 0.252 e. The van der Waals surface area contributed by atoms with Gasteiger partial charge in [0.05, 0.1) is 26.9 Å². The number of hydrazone groups is 1. The van der Waals surface area contributed by atoms with Crippen molar-refractivity contribution in [2.45, 2.75) is 12.5 Å². The second-order valence-corrected chi connectivity index (χ2v) is 6.32. The van der Waals surface area contributed by atoms with Gasteiger partial charge in [-0.25, -0.2) is 19.2 Å². The van der Waals surface area contributed by atoms with E-state index in [4.69, 9.17) is 9.47 Å². The summed E-state index contributed by atoms with van der Waals surface area (Å²) in [6.45, 7) is 0. The SMILES string of the molecule is COc1ccc(/C=N\NC2=N[C@H](CC(=O)Nc3c(F)cccc3F)C(=O)N2)cc1OC. The van der Waals surface area contributed by atoms with Crippen LogP contribution in [0.25, 0.3) is 0 Å². The first-order valence-electron chi connectivity index (χ1n) is 9.05. The Hall–Kier alpha value is -4.02. The maximum atomic E-state index is 13.6.